The number of benzene rings is 2. The van der Waals surface area contributed by atoms with Crippen molar-refractivity contribution in [2.24, 2.45) is 0 Å². The van der Waals surface area contributed by atoms with Gasteiger partial charge in [0, 0.05) is 11.6 Å². The Bertz CT molecular complexity index is 653. The van der Waals surface area contributed by atoms with Gasteiger partial charge in [-0.05, 0) is 0 Å². The quantitative estimate of drug-likeness (QED) is 0.216. The van der Waals surface area contributed by atoms with E-state index in [0.29, 0.717) is 0 Å². The molecule has 0 aliphatic carbocycles. The Morgan fingerprint density at radius 3 is 0.957 bits per heavy atom. The average molecular weight is 521 g/mol. The van der Waals surface area contributed by atoms with E-state index in [0.717, 1.165) is 0 Å². The Balaban J connectivity index is 0. The topological polar surface area (TPSA) is 0 Å². The number of halogens is 8. The van der Waals surface area contributed by atoms with Crippen molar-refractivity contribution in [3.8, 4) is 11.1 Å². The minimum absolute atomic E-state index is 0. The summed E-state index contributed by atoms with van der Waals surface area (Å²) in [5.41, 5.74) is -2.92. The van der Waals surface area contributed by atoms with Crippen molar-refractivity contribution >= 4 is 0 Å². The van der Waals surface area contributed by atoms with Crippen LogP contribution in [0.2, 0.25) is 0 Å². The Labute approximate surface area is 141 Å². The molecule has 0 bridgehead atoms. The summed E-state index contributed by atoms with van der Waals surface area (Å²) in [5, 5.41) is 0. The predicted molar refractivity (Wildman–Crippen MR) is 62.0 cm³/mol. The molecule has 0 fully saturated rings. The minimum atomic E-state index is -2.34. The molecule has 0 aliphatic heterocycles. The molecule has 0 heterocycles. The zero-order valence-corrected chi connectivity index (χ0v) is 13.6. The summed E-state index contributed by atoms with van der Waals surface area (Å²) < 4.78 is 104. The van der Waals surface area contributed by atoms with Gasteiger partial charge in [0.15, 0.2) is 0 Å². The first kappa shape index (κ1) is 23.8. The summed E-state index contributed by atoms with van der Waals surface area (Å²) >= 11 is 0. The van der Waals surface area contributed by atoms with Gasteiger partial charge in [-0.15, -0.1) is 0 Å². The third-order valence-corrected chi connectivity index (χ3v) is 2.31. The molecule has 2 aromatic rings. The molecule has 2 aromatic carbocycles. The van der Waals surface area contributed by atoms with Gasteiger partial charge < -0.3 is 14.9 Å². The second-order valence-electron chi connectivity index (χ2n) is 3.51. The Hall–Kier alpha value is -1.43. The molecule has 0 amide bonds. The Kier molecular flexibility index (Phi) is 8.73. The molecule has 0 spiro atoms. The van der Waals surface area contributed by atoms with Crippen molar-refractivity contribution in [3.63, 3.8) is 0 Å². The summed E-state index contributed by atoms with van der Waals surface area (Å²) in [4.78, 5) is 0. The summed E-state index contributed by atoms with van der Waals surface area (Å²) in [7, 11) is 0. The molecule has 0 aliphatic rings. The fourth-order valence-corrected chi connectivity index (χ4v) is 1.39. The van der Waals surface area contributed by atoms with Gasteiger partial charge in [0.05, 0.1) is 11.6 Å². The van der Waals surface area contributed by atoms with E-state index in [1.165, 1.54) is 12.1 Å². The van der Waals surface area contributed by atoms with E-state index >= 15 is 0 Å². The van der Waals surface area contributed by atoms with E-state index < -0.39 is 57.7 Å². The van der Waals surface area contributed by atoms with Crippen LogP contribution in [0.5, 0.6) is 0 Å². The van der Waals surface area contributed by atoms with Crippen LogP contribution in [0, 0.1) is 73.5 Å². The molecule has 0 atom stereocenters. The molecule has 2 rings (SSSR count). The van der Waals surface area contributed by atoms with Crippen molar-refractivity contribution < 1.29 is 56.2 Å². The zero-order valence-electron chi connectivity index (χ0n) is 11.3. The molecule has 0 unspecified atom stereocenters. The van der Waals surface area contributed by atoms with Crippen LogP contribution >= 0.6 is 0 Å². The fraction of sp³-hybridized carbons (Fsp3) is 0. The minimum Gasteiger partial charge on any atom is -0.358 e. The van der Waals surface area contributed by atoms with E-state index in [1.54, 1.807) is 0 Å². The molecule has 0 saturated carbocycles. The van der Waals surface area contributed by atoms with E-state index in [4.69, 9.17) is 0 Å². The fourth-order valence-electron chi connectivity index (χ4n) is 1.39. The molecule has 0 nitrogen and oxygen atoms in total. The van der Waals surface area contributed by atoms with Gasteiger partial charge in [0.25, 0.3) is 0 Å². The SMILES string of the molecule is Fc1[c-]c(-c2[c-]c(F)c(F)c(F)c2F)c(F)c(F)c1F.[CH3-].[CH3-].[Pt+4]. The van der Waals surface area contributed by atoms with Crippen LogP contribution in [0.1, 0.15) is 0 Å². The summed E-state index contributed by atoms with van der Waals surface area (Å²) in [6.45, 7) is 0. The van der Waals surface area contributed by atoms with Crippen LogP contribution in [0.4, 0.5) is 35.1 Å². The molecule has 0 saturated heterocycles. The average Bonchev–Trinajstić information content (AvgIpc) is 2.42. The van der Waals surface area contributed by atoms with Crippen LogP contribution in [0.25, 0.3) is 11.1 Å². The molecule has 128 valence electrons. The monoisotopic (exact) mass is 521 g/mol. The maximum Gasteiger partial charge on any atom is 4.00 e. The van der Waals surface area contributed by atoms with Gasteiger partial charge in [-0.25, -0.2) is 17.6 Å². The van der Waals surface area contributed by atoms with Crippen LogP contribution in [0.15, 0.2) is 0 Å². The standard InChI is InChI=1S/C12F8.2CH3.Pt/c13-5-1-3(7(15)11(19)9(5)17)4-2-6(14)10(18)12(20)8(4)16;;;/h;2*1H3;/q-2;2*-1;+4. The Morgan fingerprint density at radius 1 is 0.435 bits per heavy atom. The molecule has 0 aromatic heterocycles. The van der Waals surface area contributed by atoms with Gasteiger partial charge >= 0.3 is 21.1 Å². The third-order valence-electron chi connectivity index (χ3n) is 2.31. The molecular formula is C14H6F8Pt. The van der Waals surface area contributed by atoms with E-state index in [2.05, 4.69) is 0 Å². The van der Waals surface area contributed by atoms with E-state index in [-0.39, 0.29) is 35.9 Å². The third kappa shape index (κ3) is 3.91. The van der Waals surface area contributed by atoms with Gasteiger partial charge in [-0.3, -0.25) is 17.6 Å². The first-order valence-electron chi connectivity index (χ1n) is 4.76. The van der Waals surface area contributed by atoms with Crippen molar-refractivity contribution in [2.75, 3.05) is 0 Å². The van der Waals surface area contributed by atoms with Crippen LogP contribution in [-0.2, 0) is 21.1 Å². The van der Waals surface area contributed by atoms with Gasteiger partial charge in [0.2, 0.25) is 0 Å². The van der Waals surface area contributed by atoms with Crippen molar-refractivity contribution in [3.05, 3.63) is 73.5 Å². The van der Waals surface area contributed by atoms with Gasteiger partial charge in [-0.1, -0.05) is 0 Å². The number of hydrogen-bond donors (Lipinski definition) is 0. The number of rotatable bonds is 1. The first-order valence-corrected chi connectivity index (χ1v) is 4.76. The smallest absolute Gasteiger partial charge is 0.358 e. The summed E-state index contributed by atoms with van der Waals surface area (Å²) in [5.74, 6) is -17.5. The Morgan fingerprint density at radius 2 is 0.696 bits per heavy atom. The van der Waals surface area contributed by atoms with E-state index in [1.807, 2.05) is 0 Å². The molecule has 23 heavy (non-hydrogen) atoms. The molecular weight excluding hydrogens is 515 g/mol. The van der Waals surface area contributed by atoms with Crippen molar-refractivity contribution in [2.45, 2.75) is 0 Å². The summed E-state index contributed by atoms with van der Waals surface area (Å²) in [6, 6.07) is 2.46. The second-order valence-corrected chi connectivity index (χ2v) is 3.51. The molecule has 9 heteroatoms. The first-order chi connectivity index (χ1) is 9.25. The zero-order chi connectivity index (χ0) is 15.2. The maximum absolute atomic E-state index is 13.3. The van der Waals surface area contributed by atoms with Crippen LogP contribution < -0.4 is 0 Å². The molecule has 0 N–H and O–H groups in total. The van der Waals surface area contributed by atoms with E-state index in [9.17, 15) is 35.1 Å². The normalized spacial score (nSPS) is 9.57. The van der Waals surface area contributed by atoms with Gasteiger partial charge in [0.1, 0.15) is 23.3 Å². The van der Waals surface area contributed by atoms with Crippen molar-refractivity contribution in [1.82, 2.24) is 0 Å². The van der Waals surface area contributed by atoms with Gasteiger partial charge in [-0.2, -0.15) is 23.3 Å². The second kappa shape index (κ2) is 8.43. The maximum atomic E-state index is 13.3. The predicted octanol–water partition coefficient (Wildman–Crippen LogP) is 4.96. The van der Waals surface area contributed by atoms with Crippen molar-refractivity contribution in [1.29, 1.82) is 0 Å². The number of hydrogen-bond acceptors (Lipinski definition) is 0. The van der Waals surface area contributed by atoms with Crippen LogP contribution in [0.3, 0.4) is 0 Å². The molecule has 0 radical (unpaired) electrons. The summed E-state index contributed by atoms with van der Waals surface area (Å²) in [6.07, 6.45) is 0. The largest absolute Gasteiger partial charge is 4.00 e. The van der Waals surface area contributed by atoms with Crippen LogP contribution in [-0.4, -0.2) is 0 Å².